The van der Waals surface area contributed by atoms with Gasteiger partial charge >= 0.3 is 0 Å². The fraction of sp³-hybridized carbons (Fsp3) is 0.524. The quantitative estimate of drug-likeness (QED) is 0.632. The van der Waals surface area contributed by atoms with E-state index >= 15 is 0 Å². The van der Waals surface area contributed by atoms with Gasteiger partial charge in [-0.05, 0) is 57.1 Å². The van der Waals surface area contributed by atoms with E-state index in [1.807, 2.05) is 20.0 Å². The summed E-state index contributed by atoms with van der Waals surface area (Å²) < 4.78 is 33.1. The summed E-state index contributed by atoms with van der Waals surface area (Å²) in [5, 5.41) is 5.06. The van der Waals surface area contributed by atoms with Crippen molar-refractivity contribution in [3.63, 3.8) is 0 Å². The topological polar surface area (TPSA) is 54.7 Å². The minimum Gasteiger partial charge on any atom is -0.361 e. The van der Waals surface area contributed by atoms with Gasteiger partial charge in [-0.15, -0.1) is 0 Å². The molecule has 27 heavy (non-hydrogen) atoms. The Kier molecular flexibility index (Phi) is 4.52. The maximum atomic E-state index is 13.9. The molecule has 0 aliphatic heterocycles. The average Bonchev–Trinajstić information content (AvgIpc) is 3.13. The number of fused-ring (bicyclic) bond motifs is 1. The van der Waals surface area contributed by atoms with Crippen LogP contribution >= 0.6 is 0 Å². The number of rotatable bonds is 4. The zero-order valence-corrected chi connectivity index (χ0v) is 16.0. The second-order valence-corrected chi connectivity index (χ2v) is 7.78. The molecule has 0 bridgehead atoms. The van der Waals surface area contributed by atoms with Crippen LogP contribution in [0.25, 0.3) is 22.2 Å². The van der Waals surface area contributed by atoms with E-state index in [0.717, 1.165) is 57.7 Å². The van der Waals surface area contributed by atoms with Crippen LogP contribution in [0.1, 0.15) is 55.3 Å². The number of halogens is 2. The Labute approximate surface area is 157 Å². The van der Waals surface area contributed by atoms with Crippen LogP contribution in [0.3, 0.4) is 0 Å². The molecule has 1 aliphatic rings. The average molecular weight is 373 g/mol. The number of aromatic amines is 1. The molecular formula is C21H25F2N3O. The van der Waals surface area contributed by atoms with Gasteiger partial charge in [-0.2, -0.15) is 0 Å². The summed E-state index contributed by atoms with van der Waals surface area (Å²) in [5.74, 6) is -1.75. The molecule has 1 aliphatic carbocycles. The van der Waals surface area contributed by atoms with Crippen LogP contribution in [-0.2, 0) is 12.8 Å². The molecule has 1 unspecified atom stereocenters. The number of H-pyrrole nitrogens is 1. The third-order valence-electron chi connectivity index (χ3n) is 5.76. The molecular weight excluding hydrogens is 348 g/mol. The summed E-state index contributed by atoms with van der Waals surface area (Å²) in [6.07, 6.45) is 4.80. The van der Waals surface area contributed by atoms with Gasteiger partial charge in [0.15, 0.2) is 0 Å². The smallest absolute Gasteiger partial charge is 0.248 e. The number of hydrogen-bond acceptors (Lipinski definition) is 3. The normalized spacial score (nSPS) is 19.7. The number of nitrogens with zero attached hydrogens (tertiary/aromatic N) is 2. The minimum atomic E-state index is -2.53. The highest BCUT2D eigenvalue weighted by atomic mass is 19.3. The van der Waals surface area contributed by atoms with Gasteiger partial charge in [-0.3, -0.25) is 0 Å². The molecule has 1 saturated carbocycles. The number of aryl methyl sites for hydroxylation is 3. The lowest BCUT2D eigenvalue weighted by Crippen LogP contribution is -2.27. The third-order valence-corrected chi connectivity index (χ3v) is 5.76. The summed E-state index contributed by atoms with van der Waals surface area (Å²) in [6.45, 7) is 5.88. The molecule has 3 aromatic heterocycles. The van der Waals surface area contributed by atoms with Gasteiger partial charge in [0.25, 0.3) is 0 Å². The van der Waals surface area contributed by atoms with E-state index in [2.05, 4.69) is 28.1 Å². The van der Waals surface area contributed by atoms with Gasteiger partial charge in [-0.25, -0.2) is 13.8 Å². The lowest BCUT2D eigenvalue weighted by Gasteiger charge is -2.29. The van der Waals surface area contributed by atoms with Gasteiger partial charge in [0, 0.05) is 41.2 Å². The fourth-order valence-electron chi connectivity index (χ4n) is 4.48. The molecule has 3 aromatic rings. The van der Waals surface area contributed by atoms with Crippen LogP contribution in [0.2, 0.25) is 0 Å². The first-order valence-electron chi connectivity index (χ1n) is 9.68. The molecule has 144 valence electrons. The molecule has 6 heteroatoms. The number of aromatic nitrogens is 3. The van der Waals surface area contributed by atoms with Gasteiger partial charge in [0.2, 0.25) is 5.92 Å². The lowest BCUT2D eigenvalue weighted by molar-refractivity contribution is -0.0521. The molecule has 4 nitrogen and oxygen atoms in total. The summed E-state index contributed by atoms with van der Waals surface area (Å²) in [6, 6.07) is 2.10. The highest BCUT2D eigenvalue weighted by Crippen LogP contribution is 2.40. The van der Waals surface area contributed by atoms with Crippen LogP contribution in [0.5, 0.6) is 0 Å². The predicted octanol–water partition coefficient (Wildman–Crippen LogP) is 5.77. The largest absolute Gasteiger partial charge is 0.361 e. The highest BCUT2D eigenvalue weighted by Gasteiger charge is 2.36. The van der Waals surface area contributed by atoms with Crippen molar-refractivity contribution in [3.8, 4) is 11.1 Å². The Morgan fingerprint density at radius 3 is 2.81 bits per heavy atom. The zero-order chi connectivity index (χ0) is 19.2. The highest BCUT2D eigenvalue weighted by molar-refractivity contribution is 5.86. The Bertz CT molecular complexity index is 954. The van der Waals surface area contributed by atoms with Crippen molar-refractivity contribution in [3.05, 3.63) is 35.0 Å². The van der Waals surface area contributed by atoms with E-state index in [-0.39, 0.29) is 18.8 Å². The van der Waals surface area contributed by atoms with E-state index in [4.69, 9.17) is 4.52 Å². The molecule has 1 fully saturated rings. The van der Waals surface area contributed by atoms with Gasteiger partial charge in [0.1, 0.15) is 11.4 Å². The third kappa shape index (κ3) is 3.37. The molecule has 0 saturated heterocycles. The first kappa shape index (κ1) is 18.1. The van der Waals surface area contributed by atoms with Crippen LogP contribution in [0.4, 0.5) is 8.78 Å². The second kappa shape index (κ2) is 6.73. The van der Waals surface area contributed by atoms with Crippen LogP contribution in [0, 0.1) is 19.8 Å². The SMILES string of the molecule is CCc1[nH]c2ncc(-c3c(C)noc3C)cc2c1CC1CCCC(F)(F)C1. The Hall–Kier alpha value is -2.24. The van der Waals surface area contributed by atoms with Gasteiger partial charge in [0.05, 0.1) is 5.69 Å². The molecule has 4 rings (SSSR count). The van der Waals surface area contributed by atoms with Crippen molar-refractivity contribution >= 4 is 11.0 Å². The minimum absolute atomic E-state index is 0.0141. The van der Waals surface area contributed by atoms with E-state index in [9.17, 15) is 8.78 Å². The van der Waals surface area contributed by atoms with Crippen LogP contribution in [-0.4, -0.2) is 21.0 Å². The standard InChI is InChI=1S/C21H25F2N3O/c1-4-18-16(8-14-6-5-7-21(22,23)10-14)17-9-15(11-24-20(17)25-18)19-12(2)26-27-13(19)3/h9,11,14H,4-8,10H2,1-3H3,(H,24,25). The van der Waals surface area contributed by atoms with Crippen molar-refractivity contribution in [2.24, 2.45) is 5.92 Å². The Morgan fingerprint density at radius 1 is 1.33 bits per heavy atom. The van der Waals surface area contributed by atoms with Crippen LogP contribution in [0.15, 0.2) is 16.8 Å². The fourth-order valence-corrected chi connectivity index (χ4v) is 4.48. The van der Waals surface area contributed by atoms with Crippen molar-refractivity contribution in [1.82, 2.24) is 15.1 Å². The Balaban J connectivity index is 1.75. The number of pyridine rings is 1. The molecule has 0 amide bonds. The van der Waals surface area contributed by atoms with E-state index in [1.165, 1.54) is 0 Å². The number of hydrogen-bond donors (Lipinski definition) is 1. The summed E-state index contributed by atoms with van der Waals surface area (Å²) >= 11 is 0. The summed E-state index contributed by atoms with van der Waals surface area (Å²) in [5.41, 5.74) is 5.79. The predicted molar refractivity (Wildman–Crippen MR) is 101 cm³/mol. The van der Waals surface area contributed by atoms with Crippen molar-refractivity contribution < 1.29 is 13.3 Å². The maximum absolute atomic E-state index is 13.9. The Morgan fingerprint density at radius 2 is 2.15 bits per heavy atom. The second-order valence-electron chi connectivity index (χ2n) is 7.78. The first-order chi connectivity index (χ1) is 12.9. The molecule has 0 radical (unpaired) electrons. The van der Waals surface area contributed by atoms with Gasteiger partial charge < -0.3 is 9.51 Å². The summed E-state index contributed by atoms with van der Waals surface area (Å²) in [7, 11) is 0. The summed E-state index contributed by atoms with van der Waals surface area (Å²) in [4.78, 5) is 7.99. The van der Waals surface area contributed by atoms with Gasteiger partial charge in [-0.1, -0.05) is 12.1 Å². The first-order valence-corrected chi connectivity index (χ1v) is 9.68. The van der Waals surface area contributed by atoms with E-state index in [1.54, 1.807) is 0 Å². The van der Waals surface area contributed by atoms with E-state index < -0.39 is 5.92 Å². The molecule has 0 spiro atoms. The van der Waals surface area contributed by atoms with Crippen LogP contribution < -0.4 is 0 Å². The zero-order valence-electron chi connectivity index (χ0n) is 16.0. The van der Waals surface area contributed by atoms with Crippen molar-refractivity contribution in [2.45, 2.75) is 65.2 Å². The van der Waals surface area contributed by atoms with Crippen molar-refractivity contribution in [2.75, 3.05) is 0 Å². The maximum Gasteiger partial charge on any atom is 0.248 e. The monoisotopic (exact) mass is 373 g/mol. The van der Waals surface area contributed by atoms with E-state index in [0.29, 0.717) is 12.8 Å². The number of alkyl halides is 2. The molecule has 3 heterocycles. The molecule has 0 aromatic carbocycles. The lowest BCUT2D eigenvalue weighted by atomic mass is 9.82. The number of nitrogens with one attached hydrogen (secondary N) is 1. The molecule has 1 atom stereocenters. The van der Waals surface area contributed by atoms with Crippen molar-refractivity contribution in [1.29, 1.82) is 0 Å². The molecule has 1 N–H and O–H groups in total.